The van der Waals surface area contributed by atoms with Crippen LogP contribution in [0.1, 0.15) is 16.8 Å². The molecular weight excluding hydrogens is 273 g/mol. The maximum atomic E-state index is 13.6. The molecule has 0 N–H and O–H groups in total. The van der Waals surface area contributed by atoms with Gasteiger partial charge in [0, 0.05) is 18.1 Å². The molecule has 1 aromatic rings. The molecule has 1 aliphatic heterocycles. The van der Waals surface area contributed by atoms with Crippen molar-refractivity contribution < 1.29 is 18.7 Å². The highest BCUT2D eigenvalue weighted by Gasteiger charge is 2.32. The van der Waals surface area contributed by atoms with Crippen LogP contribution in [-0.2, 0) is 9.53 Å². The number of benzene rings is 1. The molecule has 0 aliphatic carbocycles. The normalized spacial score (nSPS) is 18.5. The highest BCUT2D eigenvalue weighted by Crippen LogP contribution is 2.22. The van der Waals surface area contributed by atoms with Crippen LogP contribution in [-0.4, -0.2) is 37.0 Å². The molecule has 1 fully saturated rings. The van der Waals surface area contributed by atoms with Crippen LogP contribution in [0.15, 0.2) is 18.2 Å². The zero-order valence-corrected chi connectivity index (χ0v) is 11.1. The van der Waals surface area contributed by atoms with E-state index in [2.05, 4.69) is 4.74 Å². The minimum Gasteiger partial charge on any atom is -0.469 e. The Kier molecular flexibility index (Phi) is 4.04. The number of carbonyl (C=O) groups excluding carboxylic acids is 2. The third-order valence-electron chi connectivity index (χ3n) is 3.17. The number of nitrogens with zero attached hydrogens (tertiary/aromatic N) is 1. The third-order valence-corrected chi connectivity index (χ3v) is 3.40. The van der Waals surface area contributed by atoms with Gasteiger partial charge in [-0.05, 0) is 24.6 Å². The number of likely N-dealkylation sites (tertiary alicyclic amines) is 1. The minimum atomic E-state index is -0.615. The van der Waals surface area contributed by atoms with Crippen molar-refractivity contribution in [2.75, 3.05) is 20.2 Å². The van der Waals surface area contributed by atoms with Crippen molar-refractivity contribution in [3.05, 3.63) is 34.6 Å². The first-order valence-corrected chi connectivity index (χ1v) is 6.23. The van der Waals surface area contributed by atoms with Crippen LogP contribution in [0, 0.1) is 11.7 Å². The van der Waals surface area contributed by atoms with E-state index >= 15 is 0 Å². The highest BCUT2D eigenvalue weighted by molar-refractivity contribution is 6.31. The number of hydrogen-bond donors (Lipinski definition) is 0. The van der Waals surface area contributed by atoms with E-state index in [4.69, 9.17) is 11.6 Å². The van der Waals surface area contributed by atoms with Gasteiger partial charge < -0.3 is 9.64 Å². The number of ether oxygens (including phenoxy) is 1. The largest absolute Gasteiger partial charge is 0.469 e. The number of amides is 1. The van der Waals surface area contributed by atoms with Gasteiger partial charge >= 0.3 is 5.97 Å². The molecule has 1 atom stereocenters. The smallest absolute Gasteiger partial charge is 0.310 e. The Labute approximate surface area is 115 Å². The highest BCUT2D eigenvalue weighted by atomic mass is 35.5. The van der Waals surface area contributed by atoms with E-state index in [0.29, 0.717) is 18.0 Å². The molecule has 0 saturated carbocycles. The number of hydrogen-bond acceptors (Lipinski definition) is 3. The number of halogens is 2. The van der Waals surface area contributed by atoms with E-state index in [1.807, 2.05) is 0 Å². The number of esters is 1. The van der Waals surface area contributed by atoms with E-state index in [-0.39, 0.29) is 24.0 Å². The van der Waals surface area contributed by atoms with E-state index in [1.165, 1.54) is 24.1 Å². The standard InChI is InChI=1S/C13H13ClFNO3/c1-19-13(18)8-4-5-16(7-8)12(17)10-6-9(14)2-3-11(10)15/h2-3,6,8H,4-5,7H2,1H3. The van der Waals surface area contributed by atoms with Gasteiger partial charge in [-0.1, -0.05) is 11.6 Å². The lowest BCUT2D eigenvalue weighted by atomic mass is 10.1. The molecule has 2 rings (SSSR count). The van der Waals surface area contributed by atoms with Gasteiger partial charge in [-0.25, -0.2) is 4.39 Å². The number of methoxy groups -OCH3 is 1. The Morgan fingerprint density at radius 3 is 2.89 bits per heavy atom. The zero-order valence-electron chi connectivity index (χ0n) is 10.4. The molecular formula is C13H13ClFNO3. The summed E-state index contributed by atoms with van der Waals surface area (Å²) in [6, 6.07) is 3.84. The van der Waals surface area contributed by atoms with Crippen LogP contribution < -0.4 is 0 Å². The van der Waals surface area contributed by atoms with Gasteiger partial charge in [0.2, 0.25) is 0 Å². The first-order chi connectivity index (χ1) is 9.02. The van der Waals surface area contributed by atoms with Crippen molar-refractivity contribution in [1.29, 1.82) is 0 Å². The van der Waals surface area contributed by atoms with Crippen LogP contribution in [0.2, 0.25) is 5.02 Å². The van der Waals surface area contributed by atoms with Crippen molar-refractivity contribution in [2.45, 2.75) is 6.42 Å². The third kappa shape index (κ3) is 2.87. The Morgan fingerprint density at radius 1 is 1.47 bits per heavy atom. The zero-order chi connectivity index (χ0) is 14.0. The topological polar surface area (TPSA) is 46.6 Å². The molecule has 1 saturated heterocycles. The number of carbonyl (C=O) groups is 2. The average molecular weight is 286 g/mol. The molecule has 1 aromatic carbocycles. The summed E-state index contributed by atoms with van der Waals surface area (Å²) in [6.45, 7) is 0.655. The average Bonchev–Trinajstić information content (AvgIpc) is 2.89. The second kappa shape index (κ2) is 5.57. The molecule has 0 spiro atoms. The summed E-state index contributed by atoms with van der Waals surface area (Å²) in [5, 5.41) is 0.300. The van der Waals surface area contributed by atoms with Gasteiger partial charge in [0.05, 0.1) is 18.6 Å². The summed E-state index contributed by atoms with van der Waals surface area (Å²) in [7, 11) is 1.31. The lowest BCUT2D eigenvalue weighted by Crippen LogP contribution is -2.30. The first-order valence-electron chi connectivity index (χ1n) is 5.85. The van der Waals surface area contributed by atoms with Crippen LogP contribution >= 0.6 is 11.6 Å². The Hall–Kier alpha value is -1.62. The molecule has 1 heterocycles. The monoisotopic (exact) mass is 285 g/mol. The second-order valence-electron chi connectivity index (χ2n) is 4.38. The fraction of sp³-hybridized carbons (Fsp3) is 0.385. The van der Waals surface area contributed by atoms with E-state index in [0.717, 1.165) is 6.07 Å². The van der Waals surface area contributed by atoms with Crippen LogP contribution in [0.3, 0.4) is 0 Å². The van der Waals surface area contributed by atoms with Crippen molar-refractivity contribution in [3.63, 3.8) is 0 Å². The van der Waals surface area contributed by atoms with Crippen LogP contribution in [0.25, 0.3) is 0 Å². The van der Waals surface area contributed by atoms with E-state index < -0.39 is 11.7 Å². The summed E-state index contributed by atoms with van der Waals surface area (Å²) < 4.78 is 18.2. The quantitative estimate of drug-likeness (QED) is 0.782. The maximum absolute atomic E-state index is 13.6. The van der Waals surface area contributed by atoms with Gasteiger partial charge in [-0.2, -0.15) is 0 Å². The van der Waals surface area contributed by atoms with Crippen molar-refractivity contribution >= 4 is 23.5 Å². The summed E-state index contributed by atoms with van der Waals surface area (Å²) in [4.78, 5) is 25.0. The number of rotatable bonds is 2. The van der Waals surface area contributed by atoms with E-state index in [9.17, 15) is 14.0 Å². The molecule has 0 aromatic heterocycles. The fourth-order valence-corrected chi connectivity index (χ4v) is 2.31. The molecule has 1 unspecified atom stereocenters. The molecule has 4 nitrogen and oxygen atoms in total. The van der Waals surface area contributed by atoms with Crippen molar-refractivity contribution in [2.24, 2.45) is 5.92 Å². The van der Waals surface area contributed by atoms with Crippen LogP contribution in [0.5, 0.6) is 0 Å². The second-order valence-corrected chi connectivity index (χ2v) is 4.82. The predicted octanol–water partition coefficient (Wildman–Crippen LogP) is 2.11. The summed E-state index contributed by atoms with van der Waals surface area (Å²) in [5.74, 6) is -1.75. The Bertz CT molecular complexity index is 521. The summed E-state index contributed by atoms with van der Waals surface area (Å²) in [5.41, 5.74) is -0.0713. The van der Waals surface area contributed by atoms with Crippen LogP contribution in [0.4, 0.5) is 4.39 Å². The molecule has 0 bridgehead atoms. The predicted molar refractivity (Wildman–Crippen MR) is 67.4 cm³/mol. The lowest BCUT2D eigenvalue weighted by Gasteiger charge is -2.16. The maximum Gasteiger partial charge on any atom is 0.310 e. The molecule has 102 valence electrons. The summed E-state index contributed by atoms with van der Waals surface area (Å²) in [6.07, 6.45) is 0.528. The minimum absolute atomic E-state index is 0.0713. The molecule has 6 heteroatoms. The molecule has 0 radical (unpaired) electrons. The Morgan fingerprint density at radius 2 is 2.21 bits per heavy atom. The first kappa shape index (κ1) is 13.8. The molecule has 1 amide bonds. The van der Waals surface area contributed by atoms with Gasteiger partial charge in [0.15, 0.2) is 0 Å². The van der Waals surface area contributed by atoms with Crippen molar-refractivity contribution in [3.8, 4) is 0 Å². The van der Waals surface area contributed by atoms with Crippen molar-refractivity contribution in [1.82, 2.24) is 4.90 Å². The van der Waals surface area contributed by atoms with Gasteiger partial charge in [-0.15, -0.1) is 0 Å². The van der Waals surface area contributed by atoms with Gasteiger partial charge in [-0.3, -0.25) is 9.59 Å². The lowest BCUT2D eigenvalue weighted by molar-refractivity contribution is -0.144. The Balaban J connectivity index is 2.13. The SMILES string of the molecule is COC(=O)C1CCN(C(=O)c2cc(Cl)ccc2F)C1. The summed E-state index contributed by atoms with van der Waals surface area (Å²) >= 11 is 5.76. The fourth-order valence-electron chi connectivity index (χ4n) is 2.14. The molecule has 19 heavy (non-hydrogen) atoms. The van der Waals surface area contributed by atoms with E-state index in [1.54, 1.807) is 0 Å². The van der Waals surface area contributed by atoms with Gasteiger partial charge in [0.25, 0.3) is 5.91 Å². The van der Waals surface area contributed by atoms with Gasteiger partial charge in [0.1, 0.15) is 5.82 Å². The molecule has 1 aliphatic rings.